The molecule has 0 spiro atoms. The molecule has 1 aliphatic heterocycles. The van der Waals surface area contributed by atoms with E-state index < -0.39 is 24.1 Å². The zero-order valence-corrected chi connectivity index (χ0v) is 8.28. The second-order valence-corrected chi connectivity index (χ2v) is 3.45. The summed E-state index contributed by atoms with van der Waals surface area (Å²) in [6.07, 6.45) is -2.16. The number of hydrogen-bond acceptors (Lipinski definition) is 6. The summed E-state index contributed by atoms with van der Waals surface area (Å²) in [5, 5.41) is 19.0. The first kappa shape index (κ1) is 10.7. The maximum absolute atomic E-state index is 11.5. The Kier molecular flexibility index (Phi) is 2.41. The summed E-state index contributed by atoms with van der Waals surface area (Å²) >= 11 is 0. The average molecular weight is 225 g/mol. The third kappa shape index (κ3) is 1.55. The van der Waals surface area contributed by atoms with Crippen molar-refractivity contribution in [1.82, 2.24) is 9.55 Å². The van der Waals surface area contributed by atoms with Gasteiger partial charge in [-0.25, -0.2) is 4.79 Å². The van der Waals surface area contributed by atoms with Gasteiger partial charge in [-0.1, -0.05) is 6.58 Å². The van der Waals surface area contributed by atoms with Crippen molar-refractivity contribution in [2.24, 2.45) is 0 Å². The fourth-order valence-corrected chi connectivity index (χ4v) is 1.48. The van der Waals surface area contributed by atoms with Crippen molar-refractivity contribution in [3.63, 3.8) is 0 Å². The van der Waals surface area contributed by atoms with E-state index in [1.54, 1.807) is 0 Å². The molecule has 0 saturated carbocycles. The Hall–Kier alpha value is -1.86. The fraction of sp³-hybridized carbons (Fsp3) is 0.333. The quantitative estimate of drug-likeness (QED) is 0.541. The van der Waals surface area contributed by atoms with Crippen LogP contribution < -0.4 is 11.4 Å². The van der Waals surface area contributed by atoms with Crippen LogP contribution in [0.4, 0.5) is 5.82 Å². The number of nitrogens with zero attached hydrogens (tertiary/aromatic N) is 2. The summed E-state index contributed by atoms with van der Waals surface area (Å²) in [6, 6.07) is 1.39. The van der Waals surface area contributed by atoms with E-state index in [9.17, 15) is 15.0 Å². The Morgan fingerprint density at radius 1 is 1.56 bits per heavy atom. The number of ether oxygens (including phenoxy) is 1. The van der Waals surface area contributed by atoms with E-state index in [0.717, 1.165) is 4.57 Å². The van der Waals surface area contributed by atoms with Gasteiger partial charge in [0.25, 0.3) is 0 Å². The minimum Gasteiger partial charge on any atom is -0.469 e. The van der Waals surface area contributed by atoms with E-state index >= 15 is 0 Å². The van der Waals surface area contributed by atoms with Crippen molar-refractivity contribution in [2.75, 3.05) is 5.73 Å². The Labute approximate surface area is 90.4 Å². The van der Waals surface area contributed by atoms with Gasteiger partial charge >= 0.3 is 5.69 Å². The molecule has 7 heteroatoms. The fourth-order valence-electron chi connectivity index (χ4n) is 1.48. The summed E-state index contributed by atoms with van der Waals surface area (Å²) in [6.45, 7) is 3.42. The monoisotopic (exact) mass is 225 g/mol. The van der Waals surface area contributed by atoms with Gasteiger partial charge in [0.15, 0.2) is 0 Å². The molecule has 3 atom stereocenters. The number of aliphatic hydroxyl groups excluding tert-OH is 2. The molecule has 86 valence electrons. The van der Waals surface area contributed by atoms with Gasteiger partial charge in [-0.3, -0.25) is 4.57 Å². The van der Waals surface area contributed by atoms with Crippen LogP contribution in [0.3, 0.4) is 0 Å². The van der Waals surface area contributed by atoms with E-state index in [2.05, 4.69) is 11.6 Å². The molecule has 1 aromatic rings. The van der Waals surface area contributed by atoms with Crippen LogP contribution in [-0.2, 0) is 4.74 Å². The highest BCUT2D eigenvalue weighted by Gasteiger charge is 2.40. The molecule has 16 heavy (non-hydrogen) atoms. The van der Waals surface area contributed by atoms with Crippen molar-refractivity contribution >= 4 is 5.82 Å². The van der Waals surface area contributed by atoms with Gasteiger partial charge in [-0.2, -0.15) is 4.98 Å². The summed E-state index contributed by atoms with van der Waals surface area (Å²) < 4.78 is 6.12. The molecule has 7 nitrogen and oxygen atoms in total. The van der Waals surface area contributed by atoms with Crippen molar-refractivity contribution in [1.29, 1.82) is 0 Å². The zero-order valence-electron chi connectivity index (χ0n) is 8.28. The first-order valence-corrected chi connectivity index (χ1v) is 4.57. The first-order valence-electron chi connectivity index (χ1n) is 4.57. The maximum Gasteiger partial charge on any atom is 0.352 e. The Morgan fingerprint density at radius 3 is 2.75 bits per heavy atom. The SMILES string of the molecule is C=C1O[C@@H](n2ccc(N)nc2=O)[C@@H](O)[C@@H]1O. The van der Waals surface area contributed by atoms with Gasteiger partial charge in [0.2, 0.25) is 6.23 Å². The lowest BCUT2D eigenvalue weighted by Crippen LogP contribution is -2.34. The van der Waals surface area contributed by atoms with Crippen LogP contribution in [0.5, 0.6) is 0 Å². The molecule has 0 amide bonds. The van der Waals surface area contributed by atoms with Crippen LogP contribution in [0, 0.1) is 0 Å². The van der Waals surface area contributed by atoms with Crippen LogP contribution >= 0.6 is 0 Å². The molecule has 0 aromatic carbocycles. The average Bonchev–Trinajstić information content (AvgIpc) is 2.46. The number of anilines is 1. The molecule has 1 aliphatic rings. The van der Waals surface area contributed by atoms with Gasteiger partial charge in [-0.15, -0.1) is 0 Å². The second-order valence-electron chi connectivity index (χ2n) is 3.45. The number of hydrogen-bond donors (Lipinski definition) is 3. The second kappa shape index (κ2) is 3.62. The number of rotatable bonds is 1. The molecule has 1 fully saturated rings. The van der Waals surface area contributed by atoms with Crippen LogP contribution in [0.15, 0.2) is 29.4 Å². The molecule has 1 saturated heterocycles. The number of nitrogen functional groups attached to an aromatic ring is 1. The largest absolute Gasteiger partial charge is 0.469 e. The molecular formula is C9H11N3O4. The lowest BCUT2D eigenvalue weighted by Gasteiger charge is -2.16. The normalized spacial score (nSPS) is 29.1. The molecule has 4 N–H and O–H groups in total. The topological polar surface area (TPSA) is 111 Å². The van der Waals surface area contributed by atoms with Gasteiger partial charge in [0, 0.05) is 6.20 Å². The van der Waals surface area contributed by atoms with E-state index in [-0.39, 0.29) is 11.6 Å². The first-order chi connectivity index (χ1) is 7.50. The summed E-state index contributed by atoms with van der Waals surface area (Å²) in [5.74, 6) is 0.0920. The predicted molar refractivity (Wildman–Crippen MR) is 54.2 cm³/mol. The molecule has 0 unspecified atom stereocenters. The van der Waals surface area contributed by atoms with Gasteiger partial charge in [0.05, 0.1) is 0 Å². The summed E-state index contributed by atoms with van der Waals surface area (Å²) in [7, 11) is 0. The van der Waals surface area contributed by atoms with E-state index in [1.165, 1.54) is 12.3 Å². The lowest BCUT2D eigenvalue weighted by molar-refractivity contribution is -0.0162. The Bertz CT molecular complexity index is 484. The number of aliphatic hydroxyl groups is 2. The third-order valence-electron chi connectivity index (χ3n) is 2.34. The summed E-state index contributed by atoms with van der Waals surface area (Å²) in [4.78, 5) is 14.9. The Balaban J connectivity index is 2.39. The highest BCUT2D eigenvalue weighted by atomic mass is 16.5. The summed E-state index contributed by atoms with van der Waals surface area (Å²) in [5.41, 5.74) is 4.66. The minimum atomic E-state index is -1.25. The molecule has 0 bridgehead atoms. The minimum absolute atomic E-state index is 0.0150. The molecule has 0 aliphatic carbocycles. The zero-order chi connectivity index (χ0) is 11.9. The smallest absolute Gasteiger partial charge is 0.352 e. The van der Waals surface area contributed by atoms with Gasteiger partial charge in [0.1, 0.15) is 23.8 Å². The lowest BCUT2D eigenvalue weighted by atomic mass is 10.2. The third-order valence-corrected chi connectivity index (χ3v) is 2.34. The number of aromatic nitrogens is 2. The van der Waals surface area contributed by atoms with Crippen LogP contribution in [-0.4, -0.2) is 32.0 Å². The molecule has 2 rings (SSSR count). The van der Waals surface area contributed by atoms with Crippen molar-refractivity contribution in [3.05, 3.63) is 35.1 Å². The van der Waals surface area contributed by atoms with Gasteiger partial charge < -0.3 is 20.7 Å². The molecule has 0 radical (unpaired) electrons. The maximum atomic E-state index is 11.5. The van der Waals surface area contributed by atoms with Crippen molar-refractivity contribution in [2.45, 2.75) is 18.4 Å². The van der Waals surface area contributed by atoms with E-state index in [1.807, 2.05) is 0 Å². The van der Waals surface area contributed by atoms with Crippen LogP contribution in [0.1, 0.15) is 6.23 Å². The highest BCUT2D eigenvalue weighted by Crippen LogP contribution is 2.29. The standard InChI is InChI=1S/C9H11N3O4/c1-4-6(13)7(14)8(16-4)12-3-2-5(10)11-9(12)15/h2-3,6-8,13-14H,1H2,(H2,10,11,15)/t6-,7+,8-/m1/s1. The van der Waals surface area contributed by atoms with E-state index in [0.29, 0.717) is 0 Å². The van der Waals surface area contributed by atoms with Gasteiger partial charge in [-0.05, 0) is 6.07 Å². The van der Waals surface area contributed by atoms with Crippen molar-refractivity contribution < 1.29 is 14.9 Å². The Morgan fingerprint density at radius 2 is 2.25 bits per heavy atom. The van der Waals surface area contributed by atoms with Crippen molar-refractivity contribution in [3.8, 4) is 0 Å². The molecular weight excluding hydrogens is 214 g/mol. The number of nitrogens with two attached hydrogens (primary N) is 1. The predicted octanol–water partition coefficient (Wildman–Crippen LogP) is -1.41. The van der Waals surface area contributed by atoms with Crippen LogP contribution in [0.25, 0.3) is 0 Å². The highest BCUT2D eigenvalue weighted by molar-refractivity contribution is 5.23. The molecule has 2 heterocycles. The van der Waals surface area contributed by atoms with E-state index in [4.69, 9.17) is 10.5 Å². The van der Waals surface area contributed by atoms with Crippen LogP contribution in [0.2, 0.25) is 0 Å². The molecule has 1 aromatic heterocycles.